The normalized spacial score (nSPS) is 12.1. The zero-order valence-corrected chi connectivity index (χ0v) is 8.07. The summed E-state index contributed by atoms with van der Waals surface area (Å²) in [7, 11) is 0. The molecule has 1 aromatic rings. The largest absolute Gasteiger partial charge is 0.481 e. The molecule has 0 aliphatic carbocycles. The summed E-state index contributed by atoms with van der Waals surface area (Å²) in [6.45, 7) is 0. The summed E-state index contributed by atoms with van der Waals surface area (Å²) < 4.78 is 0. The Morgan fingerprint density at radius 2 is 2.00 bits per heavy atom. The molecular weight excluding hydrogens is 204 g/mol. The molecule has 0 saturated heterocycles. The molecule has 1 unspecified atom stereocenters. The molecule has 0 amide bonds. The van der Waals surface area contributed by atoms with Crippen molar-refractivity contribution in [2.24, 2.45) is 0 Å². The molecule has 0 aromatic heterocycles. The molecule has 1 rings (SSSR count). The fourth-order valence-electron chi connectivity index (χ4n) is 1.14. The van der Waals surface area contributed by atoms with E-state index in [0.717, 1.165) is 0 Å². The number of carbonyl (C=O) groups is 2. The van der Waals surface area contributed by atoms with E-state index in [1.54, 1.807) is 24.3 Å². The van der Waals surface area contributed by atoms with Crippen molar-refractivity contribution in [3.63, 3.8) is 0 Å². The van der Waals surface area contributed by atoms with Crippen molar-refractivity contribution in [1.82, 2.24) is 0 Å². The van der Waals surface area contributed by atoms with Crippen molar-refractivity contribution < 1.29 is 14.7 Å². The van der Waals surface area contributed by atoms with Crippen molar-refractivity contribution in [2.75, 3.05) is 0 Å². The molecule has 0 bridgehead atoms. The molecule has 0 heterocycles. The van der Waals surface area contributed by atoms with E-state index >= 15 is 0 Å². The number of aldehydes is 1. The summed E-state index contributed by atoms with van der Waals surface area (Å²) in [4.78, 5) is 21.1. The van der Waals surface area contributed by atoms with Crippen LogP contribution in [-0.2, 0) is 9.59 Å². The highest BCUT2D eigenvalue weighted by Gasteiger charge is 2.13. The quantitative estimate of drug-likeness (QED) is 0.778. The molecule has 0 fully saturated rings. The summed E-state index contributed by atoms with van der Waals surface area (Å²) >= 11 is 5.66. The van der Waals surface area contributed by atoms with Crippen LogP contribution in [0, 0.1) is 0 Å². The molecular formula is C10H9ClO3. The van der Waals surface area contributed by atoms with E-state index in [1.165, 1.54) is 0 Å². The maximum atomic E-state index is 10.6. The van der Waals surface area contributed by atoms with E-state index in [9.17, 15) is 9.59 Å². The number of carboxylic acids is 1. The van der Waals surface area contributed by atoms with Crippen LogP contribution in [0.1, 0.15) is 17.9 Å². The van der Waals surface area contributed by atoms with Crippen LogP contribution in [-0.4, -0.2) is 17.4 Å². The lowest BCUT2D eigenvalue weighted by molar-refractivity contribution is -0.138. The number of benzene rings is 1. The Bertz CT molecular complexity index is 332. The highest BCUT2D eigenvalue weighted by atomic mass is 35.5. The summed E-state index contributed by atoms with van der Waals surface area (Å²) in [6, 6.07) is 6.58. The highest BCUT2D eigenvalue weighted by Crippen LogP contribution is 2.19. The SMILES string of the molecule is O=CC(CC(=O)O)c1ccc(Cl)cc1. The molecule has 1 aromatic carbocycles. The maximum Gasteiger partial charge on any atom is 0.304 e. The Morgan fingerprint density at radius 3 is 2.43 bits per heavy atom. The van der Waals surface area contributed by atoms with Gasteiger partial charge in [-0.05, 0) is 17.7 Å². The van der Waals surface area contributed by atoms with Crippen molar-refractivity contribution >= 4 is 23.9 Å². The third kappa shape index (κ3) is 2.85. The van der Waals surface area contributed by atoms with Gasteiger partial charge >= 0.3 is 5.97 Å². The van der Waals surface area contributed by atoms with Crippen LogP contribution < -0.4 is 0 Å². The van der Waals surface area contributed by atoms with Gasteiger partial charge in [0.15, 0.2) is 0 Å². The second kappa shape index (κ2) is 4.77. The Labute approximate surface area is 86.3 Å². The van der Waals surface area contributed by atoms with E-state index < -0.39 is 11.9 Å². The lowest BCUT2D eigenvalue weighted by Crippen LogP contribution is -2.07. The van der Waals surface area contributed by atoms with Crippen molar-refractivity contribution in [2.45, 2.75) is 12.3 Å². The average Bonchev–Trinajstić information content (AvgIpc) is 2.15. The first kappa shape index (κ1) is 10.7. The second-order valence-electron chi connectivity index (χ2n) is 2.89. The number of hydrogen-bond donors (Lipinski definition) is 1. The van der Waals surface area contributed by atoms with Crippen LogP contribution in [0.5, 0.6) is 0 Å². The van der Waals surface area contributed by atoms with Gasteiger partial charge in [0.1, 0.15) is 6.29 Å². The fourth-order valence-corrected chi connectivity index (χ4v) is 1.27. The first-order valence-electron chi connectivity index (χ1n) is 4.06. The first-order chi connectivity index (χ1) is 6.63. The van der Waals surface area contributed by atoms with E-state index in [0.29, 0.717) is 16.9 Å². The predicted octanol–water partition coefficient (Wildman–Crippen LogP) is 2.10. The van der Waals surface area contributed by atoms with Crippen LogP contribution in [0.2, 0.25) is 5.02 Å². The number of hydrogen-bond acceptors (Lipinski definition) is 2. The van der Waals surface area contributed by atoms with Crippen LogP contribution in [0.4, 0.5) is 0 Å². The van der Waals surface area contributed by atoms with Gasteiger partial charge in [-0.25, -0.2) is 0 Å². The molecule has 0 radical (unpaired) electrons. The molecule has 1 atom stereocenters. The van der Waals surface area contributed by atoms with Crippen LogP contribution in [0.3, 0.4) is 0 Å². The molecule has 74 valence electrons. The molecule has 1 N–H and O–H groups in total. The van der Waals surface area contributed by atoms with E-state index in [4.69, 9.17) is 16.7 Å². The molecule has 14 heavy (non-hydrogen) atoms. The Balaban J connectivity index is 2.84. The Hall–Kier alpha value is -1.35. The van der Waals surface area contributed by atoms with E-state index in [2.05, 4.69) is 0 Å². The summed E-state index contributed by atoms with van der Waals surface area (Å²) in [6.07, 6.45) is 0.447. The fraction of sp³-hybridized carbons (Fsp3) is 0.200. The minimum Gasteiger partial charge on any atom is -0.481 e. The first-order valence-corrected chi connectivity index (χ1v) is 4.44. The summed E-state index contributed by atoms with van der Waals surface area (Å²) in [5, 5.41) is 9.11. The maximum absolute atomic E-state index is 10.6. The van der Waals surface area contributed by atoms with Crippen LogP contribution in [0.15, 0.2) is 24.3 Å². The molecule has 3 nitrogen and oxygen atoms in total. The van der Waals surface area contributed by atoms with Crippen LogP contribution in [0.25, 0.3) is 0 Å². The smallest absolute Gasteiger partial charge is 0.304 e. The minimum atomic E-state index is -0.989. The standard InChI is InChI=1S/C10H9ClO3/c11-9-3-1-7(2-4-9)8(6-12)5-10(13)14/h1-4,6,8H,5H2,(H,13,14). The monoisotopic (exact) mass is 212 g/mol. The summed E-state index contributed by atoms with van der Waals surface area (Å²) in [5.41, 5.74) is 0.673. The van der Waals surface area contributed by atoms with Gasteiger partial charge in [0.05, 0.1) is 12.3 Å². The molecule has 0 saturated carbocycles. The molecule has 0 aliphatic rings. The average molecular weight is 213 g/mol. The van der Waals surface area contributed by atoms with Crippen molar-refractivity contribution in [3.8, 4) is 0 Å². The topological polar surface area (TPSA) is 54.4 Å². The molecule has 0 aliphatic heterocycles. The van der Waals surface area contributed by atoms with Gasteiger partial charge in [0.25, 0.3) is 0 Å². The van der Waals surface area contributed by atoms with Gasteiger partial charge in [-0.2, -0.15) is 0 Å². The molecule has 0 spiro atoms. The van der Waals surface area contributed by atoms with Crippen molar-refractivity contribution in [1.29, 1.82) is 0 Å². The Morgan fingerprint density at radius 1 is 1.43 bits per heavy atom. The Kier molecular flexibility index (Phi) is 3.65. The summed E-state index contributed by atoms with van der Waals surface area (Å²) in [5.74, 6) is -1.58. The van der Waals surface area contributed by atoms with Gasteiger partial charge in [0.2, 0.25) is 0 Å². The predicted molar refractivity (Wildman–Crippen MR) is 52.5 cm³/mol. The van der Waals surface area contributed by atoms with Gasteiger partial charge in [-0.3, -0.25) is 4.79 Å². The van der Waals surface area contributed by atoms with Gasteiger partial charge in [0, 0.05) is 5.02 Å². The van der Waals surface area contributed by atoms with Gasteiger partial charge in [-0.15, -0.1) is 0 Å². The number of carboxylic acid groups (broad SMARTS) is 1. The zero-order chi connectivity index (χ0) is 10.6. The van der Waals surface area contributed by atoms with Crippen molar-refractivity contribution in [3.05, 3.63) is 34.9 Å². The lowest BCUT2D eigenvalue weighted by atomic mass is 9.97. The second-order valence-corrected chi connectivity index (χ2v) is 3.33. The van der Waals surface area contributed by atoms with E-state index in [1.807, 2.05) is 0 Å². The number of carbonyl (C=O) groups excluding carboxylic acids is 1. The molecule has 4 heteroatoms. The highest BCUT2D eigenvalue weighted by molar-refractivity contribution is 6.30. The van der Waals surface area contributed by atoms with E-state index in [-0.39, 0.29) is 6.42 Å². The van der Waals surface area contributed by atoms with Crippen LogP contribution >= 0.6 is 11.6 Å². The van der Waals surface area contributed by atoms with Gasteiger partial charge in [-0.1, -0.05) is 23.7 Å². The van der Waals surface area contributed by atoms with Gasteiger partial charge < -0.3 is 9.90 Å². The third-order valence-corrected chi connectivity index (χ3v) is 2.11. The lowest BCUT2D eigenvalue weighted by Gasteiger charge is -2.07. The third-order valence-electron chi connectivity index (χ3n) is 1.86. The zero-order valence-electron chi connectivity index (χ0n) is 7.31. The number of rotatable bonds is 4. The number of halogens is 1. The number of aliphatic carboxylic acids is 1. The minimum absolute atomic E-state index is 0.189.